The Hall–Kier alpha value is -2.41. The molecule has 0 saturated heterocycles. The number of carbonyl (C=O) groups excluding carboxylic acids is 1. The number of benzene rings is 1. The van der Waals surface area contributed by atoms with Gasteiger partial charge in [-0.05, 0) is 51.0 Å². The Balaban J connectivity index is 0.00000141. The molecule has 0 aliphatic heterocycles. The summed E-state index contributed by atoms with van der Waals surface area (Å²) in [6.07, 6.45) is 3.19. The van der Waals surface area contributed by atoms with Gasteiger partial charge in [0.25, 0.3) is 5.97 Å². The van der Waals surface area contributed by atoms with Crippen LogP contribution in [0, 0.1) is 0 Å². The second-order valence-electron chi connectivity index (χ2n) is 5.74. The summed E-state index contributed by atoms with van der Waals surface area (Å²) in [6.45, 7) is 8.28. The number of aromatic carboxylic acids is 1. The van der Waals surface area contributed by atoms with Gasteiger partial charge in [-0.25, -0.2) is 4.79 Å². The van der Waals surface area contributed by atoms with Crippen molar-refractivity contribution in [3.63, 3.8) is 0 Å². The lowest BCUT2D eigenvalue weighted by Crippen LogP contribution is -2.27. The molecule has 0 fully saturated rings. The fourth-order valence-corrected chi connectivity index (χ4v) is 2.32. The highest BCUT2D eigenvalue weighted by atomic mass is 16.5. The normalized spacial score (nSPS) is 10.0. The minimum absolute atomic E-state index is 0.00874. The van der Waals surface area contributed by atoms with Crippen molar-refractivity contribution in [1.29, 1.82) is 0 Å². The van der Waals surface area contributed by atoms with Crippen LogP contribution in [0.2, 0.25) is 0 Å². The maximum absolute atomic E-state index is 11.9. The van der Waals surface area contributed by atoms with E-state index in [4.69, 9.17) is 19.7 Å². The Bertz CT molecular complexity index is 563. The molecule has 2 N–H and O–H groups in total. The summed E-state index contributed by atoms with van der Waals surface area (Å²) >= 11 is 0. The highest BCUT2D eigenvalue weighted by Gasteiger charge is 2.14. The van der Waals surface area contributed by atoms with Gasteiger partial charge in [0.1, 0.15) is 11.3 Å². The van der Waals surface area contributed by atoms with Crippen LogP contribution in [-0.4, -0.2) is 52.7 Å². The van der Waals surface area contributed by atoms with E-state index in [2.05, 4.69) is 18.7 Å². The number of para-hydroxylation sites is 1. The molecule has 7 heteroatoms. The zero-order valence-electron chi connectivity index (χ0n) is 15.7. The summed E-state index contributed by atoms with van der Waals surface area (Å²) in [4.78, 5) is 34.2. The second kappa shape index (κ2) is 13.8. The predicted molar refractivity (Wildman–Crippen MR) is 98.6 cm³/mol. The van der Waals surface area contributed by atoms with Crippen LogP contribution in [0.5, 0.6) is 5.75 Å². The minimum atomic E-state index is -1.10. The van der Waals surface area contributed by atoms with Crippen molar-refractivity contribution < 1.29 is 29.3 Å². The number of rotatable bonds is 10. The molecule has 0 heterocycles. The van der Waals surface area contributed by atoms with E-state index in [1.54, 1.807) is 12.1 Å². The van der Waals surface area contributed by atoms with E-state index in [0.29, 0.717) is 6.42 Å². The van der Waals surface area contributed by atoms with Crippen LogP contribution in [0.15, 0.2) is 24.3 Å². The van der Waals surface area contributed by atoms with Gasteiger partial charge in [0.05, 0.1) is 0 Å². The van der Waals surface area contributed by atoms with Gasteiger partial charge >= 0.3 is 11.9 Å². The molecule has 0 bridgehead atoms. The minimum Gasteiger partial charge on any atom is -0.481 e. The van der Waals surface area contributed by atoms with Gasteiger partial charge in [-0.1, -0.05) is 26.0 Å². The van der Waals surface area contributed by atoms with Crippen LogP contribution < -0.4 is 4.74 Å². The Labute approximate surface area is 154 Å². The molecule has 146 valence electrons. The smallest absolute Gasteiger partial charge is 0.339 e. The average molecular weight is 367 g/mol. The molecule has 7 nitrogen and oxygen atoms in total. The third-order valence-electron chi connectivity index (χ3n) is 3.28. The number of hydrogen-bond acceptors (Lipinski definition) is 5. The molecule has 26 heavy (non-hydrogen) atoms. The summed E-state index contributed by atoms with van der Waals surface area (Å²) in [5.41, 5.74) is 0.00874. The van der Waals surface area contributed by atoms with E-state index in [-0.39, 0.29) is 23.7 Å². The lowest BCUT2D eigenvalue weighted by atomic mass is 10.2. The molecule has 0 unspecified atom stereocenters. The van der Waals surface area contributed by atoms with E-state index in [1.807, 2.05) is 0 Å². The van der Waals surface area contributed by atoms with Crippen molar-refractivity contribution in [3.05, 3.63) is 29.8 Å². The van der Waals surface area contributed by atoms with Crippen molar-refractivity contribution in [2.45, 2.75) is 46.5 Å². The lowest BCUT2D eigenvalue weighted by Gasteiger charge is -2.20. The summed E-state index contributed by atoms with van der Waals surface area (Å²) in [5.74, 6) is -2.21. The van der Waals surface area contributed by atoms with Gasteiger partial charge in [0, 0.05) is 13.3 Å². The third-order valence-corrected chi connectivity index (χ3v) is 3.28. The molecule has 0 aliphatic rings. The number of carboxylic acids is 2. The van der Waals surface area contributed by atoms with Crippen LogP contribution in [0.1, 0.15) is 56.8 Å². The number of nitrogens with zero attached hydrogens (tertiary/aromatic N) is 1. The molecule has 0 aromatic heterocycles. The van der Waals surface area contributed by atoms with Crippen LogP contribution in [0.25, 0.3) is 0 Å². The standard InChI is InChI=1S/C17H25NO4.C2H4O2/c1-3-11-18(12-4-2)13-7-10-16(19)22-15-9-6-5-8-14(15)17(20)21;1-2(3)4/h5-6,8-9H,3-4,7,10-13H2,1-2H3,(H,20,21);1H3,(H,3,4). The van der Waals surface area contributed by atoms with Crippen LogP contribution in [0.4, 0.5) is 0 Å². The van der Waals surface area contributed by atoms with Crippen molar-refractivity contribution in [1.82, 2.24) is 4.90 Å². The highest BCUT2D eigenvalue weighted by Crippen LogP contribution is 2.18. The van der Waals surface area contributed by atoms with Crippen LogP contribution >= 0.6 is 0 Å². The molecule has 1 aromatic rings. The van der Waals surface area contributed by atoms with Crippen molar-refractivity contribution in [2.24, 2.45) is 0 Å². The summed E-state index contributed by atoms with van der Waals surface area (Å²) in [5, 5.41) is 16.5. The summed E-state index contributed by atoms with van der Waals surface area (Å²) < 4.78 is 5.17. The van der Waals surface area contributed by atoms with E-state index >= 15 is 0 Å². The zero-order chi connectivity index (χ0) is 19.9. The molecule has 1 rings (SSSR count). The number of carbonyl (C=O) groups is 3. The largest absolute Gasteiger partial charge is 0.481 e. The molecule has 0 amide bonds. The Morgan fingerprint density at radius 1 is 1.00 bits per heavy atom. The number of hydrogen-bond donors (Lipinski definition) is 2. The molecule has 0 aliphatic carbocycles. The van der Waals surface area contributed by atoms with Gasteiger partial charge in [0.15, 0.2) is 0 Å². The highest BCUT2D eigenvalue weighted by molar-refractivity contribution is 5.91. The fourth-order valence-electron chi connectivity index (χ4n) is 2.32. The molecule has 0 saturated carbocycles. The second-order valence-corrected chi connectivity index (χ2v) is 5.74. The Morgan fingerprint density at radius 2 is 1.54 bits per heavy atom. The number of ether oxygens (including phenoxy) is 1. The summed E-state index contributed by atoms with van der Waals surface area (Å²) in [7, 11) is 0. The Kier molecular flexibility index (Phi) is 12.6. The van der Waals surface area contributed by atoms with Gasteiger partial charge in [0.2, 0.25) is 0 Å². The van der Waals surface area contributed by atoms with Gasteiger partial charge in [-0.15, -0.1) is 0 Å². The molecule has 0 atom stereocenters. The van der Waals surface area contributed by atoms with Gasteiger partial charge in [-0.2, -0.15) is 0 Å². The van der Waals surface area contributed by atoms with E-state index in [0.717, 1.165) is 39.4 Å². The van der Waals surface area contributed by atoms with E-state index in [1.165, 1.54) is 12.1 Å². The van der Waals surface area contributed by atoms with Gasteiger partial charge < -0.3 is 19.8 Å². The fraction of sp³-hybridized carbons (Fsp3) is 0.526. The van der Waals surface area contributed by atoms with Crippen molar-refractivity contribution >= 4 is 17.9 Å². The molecule has 0 spiro atoms. The average Bonchev–Trinajstić information content (AvgIpc) is 2.55. The van der Waals surface area contributed by atoms with Gasteiger partial charge in [-0.3, -0.25) is 9.59 Å². The monoisotopic (exact) mass is 367 g/mol. The molecular formula is C19H29NO6. The quantitative estimate of drug-likeness (QED) is 0.483. The summed E-state index contributed by atoms with van der Waals surface area (Å²) in [6, 6.07) is 6.18. The lowest BCUT2D eigenvalue weighted by molar-refractivity contribution is -0.135. The third kappa shape index (κ3) is 11.2. The van der Waals surface area contributed by atoms with Crippen molar-refractivity contribution in [2.75, 3.05) is 19.6 Å². The van der Waals surface area contributed by atoms with Crippen LogP contribution in [0.3, 0.4) is 0 Å². The van der Waals surface area contributed by atoms with Crippen molar-refractivity contribution in [3.8, 4) is 5.75 Å². The van der Waals surface area contributed by atoms with E-state index < -0.39 is 11.9 Å². The first-order valence-electron chi connectivity index (χ1n) is 8.76. The first kappa shape index (κ1) is 23.6. The maximum atomic E-state index is 11.9. The Morgan fingerprint density at radius 3 is 2.04 bits per heavy atom. The maximum Gasteiger partial charge on any atom is 0.339 e. The van der Waals surface area contributed by atoms with Crippen LogP contribution in [-0.2, 0) is 9.59 Å². The molecular weight excluding hydrogens is 338 g/mol. The SMILES string of the molecule is CC(=O)O.CCCN(CCC)CCCC(=O)Oc1ccccc1C(=O)O. The topological polar surface area (TPSA) is 104 Å². The first-order chi connectivity index (χ1) is 12.3. The number of esters is 1. The van der Waals surface area contributed by atoms with E-state index in [9.17, 15) is 9.59 Å². The zero-order valence-corrected chi connectivity index (χ0v) is 15.7. The number of aliphatic carboxylic acids is 1. The predicted octanol–water partition coefficient (Wildman–Crippen LogP) is 3.28. The number of carboxylic acid groups (broad SMARTS) is 2. The first-order valence-corrected chi connectivity index (χ1v) is 8.76. The molecule has 1 aromatic carbocycles. The molecule has 0 radical (unpaired) electrons.